The molecule has 0 nitrogen and oxygen atoms in total. The van der Waals surface area contributed by atoms with E-state index in [1.54, 1.807) is 0 Å². The van der Waals surface area contributed by atoms with E-state index in [0.29, 0.717) is 4.58 Å². The molecule has 50 valence electrons. The molecule has 0 radical (unpaired) electrons. The van der Waals surface area contributed by atoms with Gasteiger partial charge in [0.25, 0.3) is 0 Å². The molecule has 0 saturated heterocycles. The Morgan fingerprint density at radius 2 is 2.33 bits per heavy atom. The summed E-state index contributed by atoms with van der Waals surface area (Å²) in [5.41, 5.74) is 0. The van der Waals surface area contributed by atoms with E-state index in [-0.39, 0.29) is 9.45 Å². The normalized spacial score (nSPS) is 33.0. The van der Waals surface area contributed by atoms with Gasteiger partial charge in [-0.2, -0.15) is 0 Å². The summed E-state index contributed by atoms with van der Waals surface area (Å²) in [5, 5.41) is 2.04. The van der Waals surface area contributed by atoms with Gasteiger partial charge in [-0.1, -0.05) is 38.5 Å². The van der Waals surface area contributed by atoms with Crippen molar-refractivity contribution in [2.24, 2.45) is 0 Å². The molecule has 4 heteroatoms. The summed E-state index contributed by atoms with van der Waals surface area (Å²) in [5.74, 6) is 0. The highest BCUT2D eigenvalue weighted by Crippen LogP contribution is 2.22. The van der Waals surface area contributed by atoms with Gasteiger partial charge in [-0.05, 0) is 16.6 Å². The zero-order valence-corrected chi connectivity index (χ0v) is 7.90. The largest absolute Gasteiger partial charge is 0.110 e. The van der Waals surface area contributed by atoms with Crippen LogP contribution in [0.15, 0.2) is 23.6 Å². The first kappa shape index (κ1) is 7.85. The molecule has 0 aliphatic carbocycles. The minimum atomic E-state index is -0.0255. The molecule has 2 atom stereocenters. The van der Waals surface area contributed by atoms with E-state index in [9.17, 15) is 0 Å². The summed E-state index contributed by atoms with van der Waals surface area (Å²) < 4.78 is 0.410. The van der Waals surface area contributed by atoms with Crippen LogP contribution in [-0.2, 0) is 20.6 Å². The second kappa shape index (κ2) is 3.81. The van der Waals surface area contributed by atoms with E-state index in [1.165, 1.54) is 10.8 Å². The zero-order chi connectivity index (χ0) is 6.69. The molecule has 2 unspecified atom stereocenters. The molecule has 0 aromatic carbocycles. The summed E-state index contributed by atoms with van der Waals surface area (Å²) in [6, 6.07) is 0. The van der Waals surface area contributed by atoms with Crippen LogP contribution < -0.4 is 0 Å². The zero-order valence-electron chi connectivity index (χ0n) is 4.56. The fourth-order valence-electron chi connectivity index (χ4n) is 0.510. The van der Waals surface area contributed by atoms with Crippen molar-refractivity contribution in [3.05, 3.63) is 23.6 Å². The maximum absolute atomic E-state index is 5.13. The predicted octanol–water partition coefficient (Wildman–Crippen LogP) is 2.05. The molecule has 0 aromatic rings. The lowest BCUT2D eigenvalue weighted by Gasteiger charge is -2.09. The minimum absolute atomic E-state index is 0.0255. The quantitative estimate of drug-likeness (QED) is 0.501. The number of hydrogen-bond donors (Lipinski definition) is 1. The van der Waals surface area contributed by atoms with E-state index in [0.717, 1.165) is 0 Å². The van der Waals surface area contributed by atoms with Gasteiger partial charge in [-0.15, -0.1) is 11.7 Å². The molecule has 0 aromatic heterocycles. The molecule has 0 N–H and O–H groups in total. The highest BCUT2D eigenvalue weighted by atomic mass is 33.1. The van der Waals surface area contributed by atoms with Crippen LogP contribution in [0, 0.1) is 0 Å². The highest BCUT2D eigenvalue weighted by Gasteiger charge is 2.06. The fourth-order valence-corrected chi connectivity index (χ4v) is 4.16. The SMILES string of the molecule is S=S1C=CC=CC1SS. The average Bonchev–Trinajstić information content (AvgIpc) is 1.89. The molecule has 0 saturated carbocycles. The van der Waals surface area contributed by atoms with Crippen LogP contribution in [0.2, 0.25) is 0 Å². The molecule has 1 aliphatic heterocycles. The van der Waals surface area contributed by atoms with Crippen LogP contribution in [0.5, 0.6) is 0 Å². The van der Waals surface area contributed by atoms with Gasteiger partial charge in [0.05, 0.1) is 4.58 Å². The van der Waals surface area contributed by atoms with E-state index in [4.69, 9.17) is 11.2 Å². The summed E-state index contributed by atoms with van der Waals surface area (Å²) >= 11 is 9.22. The van der Waals surface area contributed by atoms with Crippen LogP contribution in [0.1, 0.15) is 0 Å². The second-order valence-electron chi connectivity index (χ2n) is 1.52. The molecule has 0 amide bonds. The van der Waals surface area contributed by atoms with Gasteiger partial charge in [0.2, 0.25) is 0 Å². The second-order valence-corrected chi connectivity index (χ2v) is 5.76. The summed E-state index contributed by atoms with van der Waals surface area (Å²) in [6.45, 7) is 0. The summed E-state index contributed by atoms with van der Waals surface area (Å²) in [6.07, 6.45) is 6.11. The highest BCUT2D eigenvalue weighted by molar-refractivity contribution is 8.71. The van der Waals surface area contributed by atoms with Gasteiger partial charge < -0.3 is 0 Å². The van der Waals surface area contributed by atoms with Gasteiger partial charge in [-0.25, -0.2) is 0 Å². The summed E-state index contributed by atoms with van der Waals surface area (Å²) in [4.78, 5) is 0. The Bertz CT molecular complexity index is 170. The van der Waals surface area contributed by atoms with Crippen molar-refractivity contribution in [2.45, 2.75) is 4.58 Å². The Balaban J connectivity index is 2.66. The Kier molecular flexibility index (Phi) is 3.32. The van der Waals surface area contributed by atoms with E-state index in [2.05, 4.69) is 17.7 Å². The lowest BCUT2D eigenvalue weighted by atomic mass is 10.5. The molecule has 9 heavy (non-hydrogen) atoms. The molecule has 1 aliphatic rings. The Morgan fingerprint density at radius 3 is 2.78 bits per heavy atom. The molecule has 0 spiro atoms. The van der Waals surface area contributed by atoms with E-state index >= 15 is 0 Å². The Labute approximate surface area is 71.2 Å². The molecule has 0 fully saturated rings. The van der Waals surface area contributed by atoms with Crippen molar-refractivity contribution in [1.29, 1.82) is 0 Å². The third-order valence-corrected chi connectivity index (χ3v) is 5.67. The predicted molar refractivity (Wildman–Crippen MR) is 53.4 cm³/mol. The first-order chi connectivity index (χ1) is 4.34. The lowest BCUT2D eigenvalue weighted by molar-refractivity contribution is 1.64. The molecular weight excluding hydrogens is 188 g/mol. The number of allylic oxidation sites excluding steroid dienone is 2. The van der Waals surface area contributed by atoms with E-state index < -0.39 is 0 Å². The van der Waals surface area contributed by atoms with Crippen molar-refractivity contribution in [1.82, 2.24) is 0 Å². The monoisotopic (exact) mass is 194 g/mol. The third-order valence-electron chi connectivity index (χ3n) is 0.925. The first-order valence-electron chi connectivity index (χ1n) is 2.39. The van der Waals surface area contributed by atoms with E-state index in [1.807, 2.05) is 17.6 Å². The van der Waals surface area contributed by atoms with Crippen molar-refractivity contribution in [3.8, 4) is 0 Å². The van der Waals surface area contributed by atoms with Gasteiger partial charge in [0, 0.05) is 0 Å². The smallest absolute Gasteiger partial charge is 0.0871 e. The van der Waals surface area contributed by atoms with Gasteiger partial charge >= 0.3 is 0 Å². The van der Waals surface area contributed by atoms with Crippen LogP contribution in [0.4, 0.5) is 0 Å². The third kappa shape index (κ3) is 2.11. The number of rotatable bonds is 1. The van der Waals surface area contributed by atoms with Crippen LogP contribution in [0.3, 0.4) is 0 Å². The standard InChI is InChI=1S/C5H6S4/c6-8-5-3-1-2-4-9(5)7/h1-6H. The number of thiol groups is 1. The van der Waals surface area contributed by atoms with Crippen molar-refractivity contribution in [3.63, 3.8) is 0 Å². The van der Waals surface area contributed by atoms with Crippen molar-refractivity contribution in [2.75, 3.05) is 0 Å². The summed E-state index contributed by atoms with van der Waals surface area (Å²) in [7, 11) is 1.49. The van der Waals surface area contributed by atoms with Crippen LogP contribution >= 0.6 is 22.5 Å². The first-order valence-corrected chi connectivity index (χ1v) is 6.60. The van der Waals surface area contributed by atoms with Crippen molar-refractivity contribution < 1.29 is 0 Å². The molecule has 0 bridgehead atoms. The van der Waals surface area contributed by atoms with Gasteiger partial charge in [0.1, 0.15) is 0 Å². The Morgan fingerprint density at radius 1 is 1.56 bits per heavy atom. The minimum Gasteiger partial charge on any atom is -0.110 e. The lowest BCUT2D eigenvalue weighted by Crippen LogP contribution is -2.03. The molecule has 1 heterocycles. The molecule has 1 rings (SSSR count). The maximum Gasteiger partial charge on any atom is 0.0871 e. The average molecular weight is 194 g/mol. The fraction of sp³-hybridized carbons (Fsp3) is 0.200. The number of hydrogen-bond acceptors (Lipinski definition) is 3. The Hall–Kier alpha value is 0.750. The maximum atomic E-state index is 5.13. The topological polar surface area (TPSA) is 0 Å². The van der Waals surface area contributed by atoms with Gasteiger partial charge in [-0.3, -0.25) is 0 Å². The van der Waals surface area contributed by atoms with Crippen LogP contribution in [-0.4, -0.2) is 4.58 Å². The van der Waals surface area contributed by atoms with Crippen molar-refractivity contribution >= 4 is 43.1 Å². The molecular formula is C5H6S4. The van der Waals surface area contributed by atoms with Gasteiger partial charge in [0.15, 0.2) is 0 Å². The van der Waals surface area contributed by atoms with Crippen LogP contribution in [0.25, 0.3) is 0 Å².